The van der Waals surface area contributed by atoms with Crippen molar-refractivity contribution in [3.63, 3.8) is 0 Å². The molecule has 0 aliphatic carbocycles. The first-order chi connectivity index (χ1) is 14.6. The molecule has 2 aromatic carbocycles. The Morgan fingerprint density at radius 2 is 1.80 bits per heavy atom. The number of ether oxygens (including phenoxy) is 1. The SMILES string of the molecule is CCOc1ccc(CC(=O)N2CCCN(C(=O)c3ccc4nc[nH]c4c3)CC2)cc1. The molecule has 1 aliphatic heterocycles. The summed E-state index contributed by atoms with van der Waals surface area (Å²) in [5, 5.41) is 0. The first-order valence-corrected chi connectivity index (χ1v) is 10.4. The van der Waals surface area contributed by atoms with Crippen molar-refractivity contribution in [2.75, 3.05) is 32.8 Å². The van der Waals surface area contributed by atoms with Crippen LogP contribution in [0.2, 0.25) is 0 Å². The van der Waals surface area contributed by atoms with Crippen molar-refractivity contribution in [2.24, 2.45) is 0 Å². The Hall–Kier alpha value is -3.35. The van der Waals surface area contributed by atoms with E-state index in [4.69, 9.17) is 4.74 Å². The van der Waals surface area contributed by atoms with Crippen molar-refractivity contribution < 1.29 is 14.3 Å². The second-order valence-corrected chi connectivity index (χ2v) is 7.41. The Labute approximate surface area is 175 Å². The Bertz CT molecular complexity index is 1030. The average Bonchev–Trinajstić information content (AvgIpc) is 3.09. The minimum atomic E-state index is -0.00712. The zero-order chi connectivity index (χ0) is 20.9. The van der Waals surface area contributed by atoms with Crippen LogP contribution in [0.1, 0.15) is 29.3 Å². The minimum absolute atomic E-state index is 0.00712. The summed E-state index contributed by atoms with van der Waals surface area (Å²) in [6, 6.07) is 13.2. The van der Waals surface area contributed by atoms with Crippen LogP contribution < -0.4 is 4.74 Å². The molecule has 1 fully saturated rings. The van der Waals surface area contributed by atoms with Crippen LogP contribution in [0.25, 0.3) is 11.0 Å². The molecule has 7 nitrogen and oxygen atoms in total. The number of benzene rings is 2. The smallest absolute Gasteiger partial charge is 0.253 e. The molecular weight excluding hydrogens is 380 g/mol. The summed E-state index contributed by atoms with van der Waals surface area (Å²) in [7, 11) is 0. The van der Waals surface area contributed by atoms with Gasteiger partial charge in [-0.1, -0.05) is 12.1 Å². The van der Waals surface area contributed by atoms with Crippen molar-refractivity contribution in [1.82, 2.24) is 19.8 Å². The van der Waals surface area contributed by atoms with E-state index < -0.39 is 0 Å². The van der Waals surface area contributed by atoms with Gasteiger partial charge in [0.1, 0.15) is 5.75 Å². The second kappa shape index (κ2) is 8.98. The predicted molar refractivity (Wildman–Crippen MR) is 115 cm³/mol. The molecule has 1 aliphatic rings. The van der Waals surface area contributed by atoms with Crippen LogP contribution in [0.5, 0.6) is 5.75 Å². The van der Waals surface area contributed by atoms with Crippen molar-refractivity contribution in [2.45, 2.75) is 19.8 Å². The molecule has 4 rings (SSSR count). The Morgan fingerprint density at radius 1 is 1.03 bits per heavy atom. The fourth-order valence-electron chi connectivity index (χ4n) is 3.78. The number of carbonyl (C=O) groups excluding carboxylic acids is 2. The number of rotatable bonds is 5. The lowest BCUT2D eigenvalue weighted by molar-refractivity contribution is -0.130. The summed E-state index contributed by atoms with van der Waals surface area (Å²) in [6.45, 7) is 4.96. The van der Waals surface area contributed by atoms with Crippen LogP contribution in [0.15, 0.2) is 48.8 Å². The van der Waals surface area contributed by atoms with Gasteiger partial charge in [-0.3, -0.25) is 9.59 Å². The molecule has 0 saturated carbocycles. The Morgan fingerprint density at radius 3 is 2.60 bits per heavy atom. The summed E-state index contributed by atoms with van der Waals surface area (Å²) in [6.07, 6.45) is 2.75. The third kappa shape index (κ3) is 4.45. The number of carbonyl (C=O) groups is 2. The van der Waals surface area contributed by atoms with Gasteiger partial charge in [0.05, 0.1) is 30.4 Å². The van der Waals surface area contributed by atoms with Crippen LogP contribution in [-0.2, 0) is 11.2 Å². The molecule has 2 amide bonds. The summed E-state index contributed by atoms with van der Waals surface area (Å²) >= 11 is 0. The highest BCUT2D eigenvalue weighted by Gasteiger charge is 2.23. The molecule has 1 N–H and O–H groups in total. The number of nitrogens with zero attached hydrogens (tertiary/aromatic N) is 3. The number of imidazole rings is 1. The average molecular weight is 406 g/mol. The number of amides is 2. The molecule has 2 heterocycles. The fraction of sp³-hybridized carbons (Fsp3) is 0.348. The summed E-state index contributed by atoms with van der Waals surface area (Å²) in [5.74, 6) is 0.894. The quantitative estimate of drug-likeness (QED) is 0.707. The number of nitrogens with one attached hydrogen (secondary N) is 1. The van der Waals surface area contributed by atoms with Gasteiger partial charge in [-0.05, 0) is 49.2 Å². The van der Waals surface area contributed by atoms with Gasteiger partial charge in [0.25, 0.3) is 5.91 Å². The lowest BCUT2D eigenvalue weighted by atomic mass is 10.1. The molecule has 0 unspecified atom stereocenters. The fourth-order valence-corrected chi connectivity index (χ4v) is 3.78. The van der Waals surface area contributed by atoms with Gasteiger partial charge >= 0.3 is 0 Å². The lowest BCUT2D eigenvalue weighted by Gasteiger charge is -2.22. The molecule has 3 aromatic rings. The van der Waals surface area contributed by atoms with Crippen LogP contribution in [0.4, 0.5) is 0 Å². The maximum absolute atomic E-state index is 12.9. The van der Waals surface area contributed by atoms with Crippen LogP contribution in [0.3, 0.4) is 0 Å². The van der Waals surface area contributed by atoms with Crippen molar-refractivity contribution in [3.05, 3.63) is 59.9 Å². The van der Waals surface area contributed by atoms with Gasteiger partial charge in [0.15, 0.2) is 0 Å². The van der Waals surface area contributed by atoms with E-state index in [2.05, 4.69) is 9.97 Å². The highest BCUT2D eigenvalue weighted by Crippen LogP contribution is 2.16. The monoisotopic (exact) mass is 406 g/mol. The molecule has 0 spiro atoms. The number of hydrogen-bond donors (Lipinski definition) is 1. The molecule has 0 atom stereocenters. The zero-order valence-corrected chi connectivity index (χ0v) is 17.1. The van der Waals surface area contributed by atoms with Gasteiger partial charge in [-0.25, -0.2) is 4.98 Å². The van der Waals surface area contributed by atoms with Gasteiger partial charge in [0.2, 0.25) is 5.91 Å². The van der Waals surface area contributed by atoms with Crippen molar-refractivity contribution >= 4 is 22.8 Å². The highest BCUT2D eigenvalue weighted by atomic mass is 16.5. The molecule has 156 valence electrons. The summed E-state index contributed by atoms with van der Waals surface area (Å²) in [5.41, 5.74) is 3.30. The van der Waals surface area contributed by atoms with Gasteiger partial charge in [-0.15, -0.1) is 0 Å². The van der Waals surface area contributed by atoms with E-state index in [-0.39, 0.29) is 11.8 Å². The van der Waals surface area contributed by atoms with Gasteiger partial charge in [-0.2, -0.15) is 0 Å². The molecule has 7 heteroatoms. The van der Waals surface area contributed by atoms with Crippen LogP contribution in [0, 0.1) is 0 Å². The third-order valence-corrected chi connectivity index (χ3v) is 5.39. The third-order valence-electron chi connectivity index (χ3n) is 5.39. The van der Waals surface area contributed by atoms with Crippen molar-refractivity contribution in [1.29, 1.82) is 0 Å². The summed E-state index contributed by atoms with van der Waals surface area (Å²) < 4.78 is 5.45. The first kappa shape index (κ1) is 19.9. The lowest BCUT2D eigenvalue weighted by Crippen LogP contribution is -2.38. The zero-order valence-electron chi connectivity index (χ0n) is 17.1. The molecule has 1 aromatic heterocycles. The van der Waals surface area contributed by atoms with E-state index in [9.17, 15) is 9.59 Å². The molecule has 30 heavy (non-hydrogen) atoms. The summed E-state index contributed by atoms with van der Waals surface area (Å²) in [4.78, 5) is 36.7. The number of aromatic amines is 1. The van der Waals surface area contributed by atoms with Crippen LogP contribution >= 0.6 is 0 Å². The topological polar surface area (TPSA) is 78.5 Å². The van der Waals surface area contributed by atoms with Gasteiger partial charge in [0, 0.05) is 31.7 Å². The normalized spacial score (nSPS) is 14.6. The highest BCUT2D eigenvalue weighted by molar-refractivity contribution is 5.97. The molecule has 1 saturated heterocycles. The first-order valence-electron chi connectivity index (χ1n) is 10.4. The van der Waals surface area contributed by atoms with Gasteiger partial charge < -0.3 is 19.5 Å². The maximum atomic E-state index is 12.9. The molecule has 0 bridgehead atoms. The Balaban J connectivity index is 1.35. The van der Waals surface area contributed by atoms with E-state index >= 15 is 0 Å². The van der Waals surface area contributed by atoms with E-state index in [1.165, 1.54) is 0 Å². The Kier molecular flexibility index (Phi) is 5.97. The van der Waals surface area contributed by atoms with Crippen molar-refractivity contribution in [3.8, 4) is 5.75 Å². The minimum Gasteiger partial charge on any atom is -0.494 e. The predicted octanol–water partition coefficient (Wildman–Crippen LogP) is 2.88. The van der Waals surface area contributed by atoms with Crippen LogP contribution in [-0.4, -0.2) is 64.4 Å². The number of aromatic nitrogens is 2. The van der Waals surface area contributed by atoms with E-state index in [0.29, 0.717) is 44.8 Å². The van der Waals surface area contributed by atoms with E-state index in [1.54, 1.807) is 6.33 Å². The largest absolute Gasteiger partial charge is 0.494 e. The molecule has 0 radical (unpaired) electrons. The second-order valence-electron chi connectivity index (χ2n) is 7.41. The van der Waals surface area contributed by atoms with E-state index in [1.807, 2.05) is 59.2 Å². The maximum Gasteiger partial charge on any atom is 0.253 e. The number of hydrogen-bond acceptors (Lipinski definition) is 4. The van der Waals surface area contributed by atoms with E-state index in [0.717, 1.165) is 28.8 Å². The molecular formula is C23H26N4O3. The standard InChI is InChI=1S/C23H26N4O3/c1-2-30-19-7-4-17(5-8-19)14-22(28)26-10-3-11-27(13-12-26)23(29)18-6-9-20-21(15-18)25-16-24-20/h4-9,15-16H,2-3,10-14H2,1H3,(H,24,25). The number of H-pyrrole nitrogens is 1. The number of fused-ring (bicyclic) bond motifs is 1.